The van der Waals surface area contributed by atoms with E-state index in [-0.39, 0.29) is 11.7 Å². The van der Waals surface area contributed by atoms with Crippen molar-refractivity contribution in [3.63, 3.8) is 0 Å². The van der Waals surface area contributed by atoms with Gasteiger partial charge in [0.15, 0.2) is 5.78 Å². The summed E-state index contributed by atoms with van der Waals surface area (Å²) in [6.07, 6.45) is 3.81. The zero-order chi connectivity index (χ0) is 19.2. The Bertz CT molecular complexity index is 781. The lowest BCUT2D eigenvalue weighted by atomic mass is 10.0. The molecule has 0 unspecified atom stereocenters. The number of carbonyl (C=O) groups is 2. The first-order chi connectivity index (χ1) is 13.0. The summed E-state index contributed by atoms with van der Waals surface area (Å²) in [5, 5.41) is 3.27. The zero-order valence-corrected chi connectivity index (χ0v) is 16.2. The SMILES string of the molecule is Cc1ccc(C(=O)CCNc2ccc(C(=O)N3CCCC[C@H]3C)cc2)cc1. The van der Waals surface area contributed by atoms with Gasteiger partial charge in [0.1, 0.15) is 0 Å². The number of hydrogen-bond acceptors (Lipinski definition) is 3. The molecule has 1 amide bonds. The first kappa shape index (κ1) is 19.2. The molecule has 1 saturated heterocycles. The first-order valence-electron chi connectivity index (χ1n) is 9.79. The van der Waals surface area contributed by atoms with Crippen molar-refractivity contribution in [1.29, 1.82) is 0 Å². The third kappa shape index (κ3) is 4.97. The summed E-state index contributed by atoms with van der Waals surface area (Å²) in [6, 6.07) is 15.5. The second-order valence-electron chi connectivity index (χ2n) is 7.39. The van der Waals surface area contributed by atoms with E-state index in [1.54, 1.807) is 0 Å². The van der Waals surface area contributed by atoms with Crippen molar-refractivity contribution >= 4 is 17.4 Å². The third-order valence-electron chi connectivity index (χ3n) is 5.25. The fourth-order valence-electron chi connectivity index (χ4n) is 3.50. The monoisotopic (exact) mass is 364 g/mol. The minimum absolute atomic E-state index is 0.114. The average Bonchev–Trinajstić information content (AvgIpc) is 2.69. The van der Waals surface area contributed by atoms with Crippen molar-refractivity contribution in [2.75, 3.05) is 18.4 Å². The Balaban J connectivity index is 1.51. The molecule has 4 heteroatoms. The Labute approximate surface area is 161 Å². The molecule has 2 aromatic carbocycles. The van der Waals surface area contributed by atoms with Crippen LogP contribution in [0.1, 0.15) is 58.9 Å². The number of aryl methyl sites for hydroxylation is 1. The summed E-state index contributed by atoms with van der Waals surface area (Å²) in [4.78, 5) is 26.9. The van der Waals surface area contributed by atoms with Crippen LogP contribution in [0.5, 0.6) is 0 Å². The van der Waals surface area contributed by atoms with Gasteiger partial charge >= 0.3 is 0 Å². The number of ketones is 1. The third-order valence-corrected chi connectivity index (χ3v) is 5.25. The fourth-order valence-corrected chi connectivity index (χ4v) is 3.50. The highest BCUT2D eigenvalue weighted by Crippen LogP contribution is 2.20. The Hall–Kier alpha value is -2.62. The maximum absolute atomic E-state index is 12.7. The average molecular weight is 364 g/mol. The number of nitrogens with one attached hydrogen (secondary N) is 1. The Morgan fingerprint density at radius 3 is 2.33 bits per heavy atom. The van der Waals surface area contributed by atoms with Gasteiger partial charge < -0.3 is 10.2 Å². The van der Waals surface area contributed by atoms with Crippen molar-refractivity contribution in [3.05, 3.63) is 65.2 Å². The van der Waals surface area contributed by atoms with Crippen LogP contribution < -0.4 is 5.32 Å². The molecular formula is C23H28N2O2. The fraction of sp³-hybridized carbons (Fsp3) is 0.391. The van der Waals surface area contributed by atoms with Gasteiger partial charge in [-0.1, -0.05) is 29.8 Å². The van der Waals surface area contributed by atoms with Gasteiger partial charge in [0.05, 0.1) is 0 Å². The molecule has 0 aromatic heterocycles. The van der Waals surface area contributed by atoms with Gasteiger partial charge in [0.2, 0.25) is 0 Å². The summed E-state index contributed by atoms with van der Waals surface area (Å²) < 4.78 is 0. The van der Waals surface area contributed by atoms with E-state index in [2.05, 4.69) is 12.2 Å². The van der Waals surface area contributed by atoms with E-state index in [0.717, 1.165) is 41.8 Å². The van der Waals surface area contributed by atoms with E-state index in [0.29, 0.717) is 19.0 Å². The molecule has 1 aliphatic rings. The summed E-state index contributed by atoms with van der Waals surface area (Å²) in [7, 11) is 0. The lowest BCUT2D eigenvalue weighted by molar-refractivity contribution is 0.0635. The molecule has 1 heterocycles. The summed E-state index contributed by atoms with van der Waals surface area (Å²) in [5.41, 5.74) is 3.55. The van der Waals surface area contributed by atoms with E-state index < -0.39 is 0 Å². The van der Waals surface area contributed by atoms with Crippen LogP contribution in [0.3, 0.4) is 0 Å². The van der Waals surface area contributed by atoms with Gasteiger partial charge in [-0.2, -0.15) is 0 Å². The highest BCUT2D eigenvalue weighted by Gasteiger charge is 2.23. The van der Waals surface area contributed by atoms with E-state index in [1.807, 2.05) is 60.4 Å². The molecule has 1 N–H and O–H groups in total. The molecule has 3 rings (SSSR count). The number of Topliss-reactive ketones (excluding diaryl/α,β-unsaturated/α-hetero) is 1. The second-order valence-corrected chi connectivity index (χ2v) is 7.39. The van der Waals surface area contributed by atoms with Crippen LogP contribution >= 0.6 is 0 Å². The topological polar surface area (TPSA) is 49.4 Å². The maximum Gasteiger partial charge on any atom is 0.254 e. The van der Waals surface area contributed by atoms with Crippen LogP contribution in [0.25, 0.3) is 0 Å². The van der Waals surface area contributed by atoms with Gasteiger partial charge in [0, 0.05) is 42.4 Å². The largest absolute Gasteiger partial charge is 0.385 e. The molecule has 2 aromatic rings. The van der Waals surface area contributed by atoms with Crippen molar-refractivity contribution < 1.29 is 9.59 Å². The Morgan fingerprint density at radius 2 is 1.67 bits per heavy atom. The highest BCUT2D eigenvalue weighted by molar-refractivity contribution is 5.96. The molecule has 1 aliphatic heterocycles. The van der Waals surface area contributed by atoms with Crippen LogP contribution in [0.4, 0.5) is 5.69 Å². The number of hydrogen-bond donors (Lipinski definition) is 1. The summed E-state index contributed by atoms with van der Waals surface area (Å²) >= 11 is 0. The molecular weight excluding hydrogens is 336 g/mol. The van der Waals surface area contributed by atoms with E-state index in [4.69, 9.17) is 0 Å². The Kier molecular flexibility index (Phi) is 6.28. The number of piperidine rings is 1. The molecule has 142 valence electrons. The number of amides is 1. The van der Waals surface area contributed by atoms with Gasteiger partial charge in [-0.25, -0.2) is 0 Å². The minimum atomic E-state index is 0.114. The predicted molar refractivity (Wildman–Crippen MR) is 109 cm³/mol. The molecule has 0 bridgehead atoms. The summed E-state index contributed by atoms with van der Waals surface area (Å²) in [6.45, 7) is 5.55. The number of nitrogens with zero attached hydrogens (tertiary/aromatic N) is 1. The lowest BCUT2D eigenvalue weighted by Gasteiger charge is -2.33. The molecule has 0 spiro atoms. The van der Waals surface area contributed by atoms with Crippen LogP contribution in [0.2, 0.25) is 0 Å². The quantitative estimate of drug-likeness (QED) is 0.756. The van der Waals surface area contributed by atoms with Crippen LogP contribution in [-0.2, 0) is 0 Å². The van der Waals surface area contributed by atoms with Gasteiger partial charge in [-0.15, -0.1) is 0 Å². The first-order valence-corrected chi connectivity index (χ1v) is 9.79. The van der Waals surface area contributed by atoms with E-state index in [9.17, 15) is 9.59 Å². The van der Waals surface area contributed by atoms with Crippen LogP contribution in [0, 0.1) is 6.92 Å². The van der Waals surface area contributed by atoms with E-state index in [1.165, 1.54) is 6.42 Å². The Morgan fingerprint density at radius 1 is 1.00 bits per heavy atom. The number of likely N-dealkylation sites (tertiary alicyclic amines) is 1. The standard InChI is InChI=1S/C23H28N2O2/c1-17-6-8-19(9-7-17)22(26)14-15-24-21-12-10-20(11-13-21)23(27)25-16-4-3-5-18(25)2/h6-13,18,24H,3-5,14-16H2,1-2H3/t18-/m1/s1. The van der Waals surface area contributed by atoms with Crippen LogP contribution in [0.15, 0.2) is 48.5 Å². The molecule has 4 nitrogen and oxygen atoms in total. The van der Waals surface area contributed by atoms with Gasteiger partial charge in [-0.3, -0.25) is 9.59 Å². The molecule has 1 fully saturated rings. The molecule has 0 aliphatic carbocycles. The maximum atomic E-state index is 12.7. The van der Waals surface area contributed by atoms with Crippen LogP contribution in [-0.4, -0.2) is 35.7 Å². The predicted octanol–water partition coefficient (Wildman–Crippen LogP) is 4.69. The molecule has 0 radical (unpaired) electrons. The normalized spacial score (nSPS) is 16.8. The smallest absolute Gasteiger partial charge is 0.254 e. The zero-order valence-electron chi connectivity index (χ0n) is 16.2. The number of rotatable bonds is 6. The van der Waals surface area contributed by atoms with Crippen molar-refractivity contribution in [3.8, 4) is 0 Å². The lowest BCUT2D eigenvalue weighted by Crippen LogP contribution is -2.41. The summed E-state index contributed by atoms with van der Waals surface area (Å²) in [5.74, 6) is 0.247. The number of benzene rings is 2. The number of carbonyl (C=O) groups excluding carboxylic acids is 2. The molecule has 27 heavy (non-hydrogen) atoms. The van der Waals surface area contributed by atoms with Gasteiger partial charge in [0.25, 0.3) is 5.91 Å². The minimum Gasteiger partial charge on any atom is -0.385 e. The number of anilines is 1. The van der Waals surface area contributed by atoms with Crippen molar-refractivity contribution in [2.45, 2.75) is 45.6 Å². The highest BCUT2D eigenvalue weighted by atomic mass is 16.2. The van der Waals surface area contributed by atoms with E-state index >= 15 is 0 Å². The van der Waals surface area contributed by atoms with Crippen molar-refractivity contribution in [1.82, 2.24) is 4.90 Å². The van der Waals surface area contributed by atoms with Gasteiger partial charge in [-0.05, 0) is 57.4 Å². The molecule has 1 atom stereocenters. The van der Waals surface area contributed by atoms with Crippen molar-refractivity contribution in [2.24, 2.45) is 0 Å². The molecule has 0 saturated carbocycles. The second kappa shape index (κ2) is 8.85.